The van der Waals surface area contributed by atoms with Crippen LogP contribution in [0, 0.1) is 11.6 Å². The van der Waals surface area contributed by atoms with E-state index in [0.717, 1.165) is 12.1 Å². The molecule has 1 heterocycles. The van der Waals surface area contributed by atoms with Gasteiger partial charge in [-0.25, -0.2) is 13.8 Å². The fourth-order valence-corrected chi connectivity index (χ4v) is 1.53. The van der Waals surface area contributed by atoms with E-state index in [1.165, 1.54) is 18.3 Å². The van der Waals surface area contributed by atoms with Crippen LogP contribution < -0.4 is 5.32 Å². The maximum Gasteiger partial charge on any atom is 0.258 e. The molecule has 0 bridgehead atoms. The van der Waals surface area contributed by atoms with Crippen LogP contribution in [0.15, 0.2) is 36.5 Å². The predicted octanol–water partition coefficient (Wildman–Crippen LogP) is 3.27. The Morgan fingerprint density at radius 2 is 2.00 bits per heavy atom. The predicted molar refractivity (Wildman–Crippen MR) is 63.6 cm³/mol. The third-order valence-corrected chi connectivity index (χ3v) is 2.48. The average molecular weight is 269 g/mol. The Morgan fingerprint density at radius 3 is 2.67 bits per heavy atom. The second-order valence-corrected chi connectivity index (χ2v) is 3.78. The summed E-state index contributed by atoms with van der Waals surface area (Å²) in [7, 11) is 0. The summed E-state index contributed by atoms with van der Waals surface area (Å²) >= 11 is 5.74. The number of anilines is 1. The zero-order valence-electron chi connectivity index (χ0n) is 8.95. The molecule has 1 N–H and O–H groups in total. The lowest BCUT2D eigenvalue weighted by Crippen LogP contribution is -2.13. The molecule has 0 saturated carbocycles. The normalized spacial score (nSPS) is 10.2. The van der Waals surface area contributed by atoms with Gasteiger partial charge in [0, 0.05) is 18.0 Å². The number of pyridine rings is 1. The quantitative estimate of drug-likeness (QED) is 0.850. The number of rotatable bonds is 2. The molecule has 3 nitrogen and oxygen atoms in total. The van der Waals surface area contributed by atoms with Gasteiger partial charge in [0.1, 0.15) is 5.15 Å². The second kappa shape index (κ2) is 5.10. The molecule has 18 heavy (non-hydrogen) atoms. The fourth-order valence-electron chi connectivity index (χ4n) is 1.33. The SMILES string of the molecule is O=C(Nc1ccc(F)c(F)c1)c1cccnc1Cl. The minimum atomic E-state index is -1.04. The van der Waals surface area contributed by atoms with Crippen molar-refractivity contribution in [1.29, 1.82) is 0 Å². The molecular weight excluding hydrogens is 262 g/mol. The van der Waals surface area contributed by atoms with Gasteiger partial charge in [0.05, 0.1) is 5.56 Å². The van der Waals surface area contributed by atoms with Crippen molar-refractivity contribution in [3.63, 3.8) is 0 Å². The standard InChI is InChI=1S/C12H7ClF2N2O/c13-11-8(2-1-5-16-11)12(18)17-7-3-4-9(14)10(15)6-7/h1-6H,(H,17,18). The van der Waals surface area contributed by atoms with Crippen molar-refractivity contribution in [3.05, 3.63) is 58.9 Å². The first-order valence-corrected chi connectivity index (χ1v) is 5.32. The highest BCUT2D eigenvalue weighted by molar-refractivity contribution is 6.33. The minimum Gasteiger partial charge on any atom is -0.322 e. The van der Waals surface area contributed by atoms with Gasteiger partial charge < -0.3 is 5.32 Å². The third kappa shape index (κ3) is 2.62. The van der Waals surface area contributed by atoms with Gasteiger partial charge >= 0.3 is 0 Å². The summed E-state index contributed by atoms with van der Waals surface area (Å²) in [6, 6.07) is 6.09. The largest absolute Gasteiger partial charge is 0.322 e. The van der Waals surface area contributed by atoms with E-state index in [2.05, 4.69) is 10.3 Å². The molecule has 2 aromatic rings. The van der Waals surface area contributed by atoms with Gasteiger partial charge in [-0.05, 0) is 24.3 Å². The number of amides is 1. The number of hydrogen-bond acceptors (Lipinski definition) is 2. The molecule has 2 rings (SSSR count). The Morgan fingerprint density at radius 1 is 1.22 bits per heavy atom. The van der Waals surface area contributed by atoms with Crippen molar-refractivity contribution >= 4 is 23.2 Å². The molecule has 92 valence electrons. The minimum absolute atomic E-state index is 0.0394. The van der Waals surface area contributed by atoms with Crippen LogP contribution in [0.25, 0.3) is 0 Å². The van der Waals surface area contributed by atoms with Crippen LogP contribution in [0.3, 0.4) is 0 Å². The van der Waals surface area contributed by atoms with E-state index in [9.17, 15) is 13.6 Å². The molecular formula is C12H7ClF2N2O. The Kier molecular flexibility index (Phi) is 3.53. The summed E-state index contributed by atoms with van der Waals surface area (Å²) in [5.74, 6) is -2.56. The van der Waals surface area contributed by atoms with E-state index in [1.807, 2.05) is 0 Å². The molecule has 6 heteroatoms. The van der Waals surface area contributed by atoms with Crippen molar-refractivity contribution < 1.29 is 13.6 Å². The van der Waals surface area contributed by atoms with Gasteiger partial charge in [0.25, 0.3) is 5.91 Å². The van der Waals surface area contributed by atoms with Crippen LogP contribution in [-0.2, 0) is 0 Å². The first-order chi connectivity index (χ1) is 8.58. The number of halogens is 3. The van der Waals surface area contributed by atoms with Crippen LogP contribution in [0.5, 0.6) is 0 Å². The molecule has 0 aliphatic rings. The Bertz CT molecular complexity index is 604. The molecule has 0 saturated heterocycles. The highest BCUT2D eigenvalue weighted by atomic mass is 35.5. The lowest BCUT2D eigenvalue weighted by atomic mass is 10.2. The zero-order chi connectivity index (χ0) is 13.1. The zero-order valence-corrected chi connectivity index (χ0v) is 9.71. The molecule has 1 aromatic carbocycles. The maximum absolute atomic E-state index is 12.9. The fraction of sp³-hybridized carbons (Fsp3) is 0. The number of aromatic nitrogens is 1. The average Bonchev–Trinajstić information content (AvgIpc) is 2.34. The lowest BCUT2D eigenvalue weighted by molar-refractivity contribution is 0.102. The summed E-state index contributed by atoms with van der Waals surface area (Å²) in [4.78, 5) is 15.5. The first kappa shape index (κ1) is 12.4. The van der Waals surface area contributed by atoms with Crippen LogP contribution in [-0.4, -0.2) is 10.9 Å². The molecule has 0 radical (unpaired) electrons. The first-order valence-electron chi connectivity index (χ1n) is 4.95. The Balaban J connectivity index is 2.22. The topological polar surface area (TPSA) is 42.0 Å². The van der Waals surface area contributed by atoms with E-state index < -0.39 is 17.5 Å². The highest BCUT2D eigenvalue weighted by Crippen LogP contribution is 2.16. The van der Waals surface area contributed by atoms with Gasteiger partial charge in [-0.2, -0.15) is 0 Å². The van der Waals surface area contributed by atoms with Crippen LogP contribution >= 0.6 is 11.6 Å². The smallest absolute Gasteiger partial charge is 0.258 e. The summed E-state index contributed by atoms with van der Waals surface area (Å²) < 4.78 is 25.7. The number of nitrogens with zero attached hydrogens (tertiary/aromatic N) is 1. The molecule has 0 aliphatic carbocycles. The number of hydrogen-bond donors (Lipinski definition) is 1. The van der Waals surface area contributed by atoms with Crippen LogP contribution in [0.4, 0.5) is 14.5 Å². The molecule has 0 aliphatic heterocycles. The number of carbonyl (C=O) groups is 1. The Hall–Kier alpha value is -2.01. The van der Waals surface area contributed by atoms with Gasteiger partial charge in [0.15, 0.2) is 11.6 Å². The molecule has 1 aromatic heterocycles. The Labute approximate surface area is 106 Å². The van der Waals surface area contributed by atoms with Gasteiger partial charge in [-0.1, -0.05) is 11.6 Å². The van der Waals surface area contributed by atoms with Crippen molar-refractivity contribution in [2.75, 3.05) is 5.32 Å². The van der Waals surface area contributed by atoms with Crippen molar-refractivity contribution in [2.24, 2.45) is 0 Å². The van der Waals surface area contributed by atoms with Crippen LogP contribution in [0.1, 0.15) is 10.4 Å². The second-order valence-electron chi connectivity index (χ2n) is 3.42. The summed E-state index contributed by atoms with van der Waals surface area (Å²) in [6.07, 6.45) is 1.44. The van der Waals surface area contributed by atoms with Crippen LogP contribution in [0.2, 0.25) is 5.15 Å². The third-order valence-electron chi connectivity index (χ3n) is 2.18. The summed E-state index contributed by atoms with van der Waals surface area (Å²) in [5.41, 5.74) is 0.294. The van der Waals surface area contributed by atoms with Gasteiger partial charge in [-0.15, -0.1) is 0 Å². The van der Waals surface area contributed by atoms with Crippen molar-refractivity contribution in [2.45, 2.75) is 0 Å². The molecule has 0 unspecified atom stereocenters. The van der Waals surface area contributed by atoms with E-state index >= 15 is 0 Å². The molecule has 0 atom stereocenters. The number of benzene rings is 1. The number of carbonyl (C=O) groups excluding carboxylic acids is 1. The van der Waals surface area contributed by atoms with E-state index in [0.29, 0.717) is 0 Å². The highest BCUT2D eigenvalue weighted by Gasteiger charge is 2.11. The molecule has 1 amide bonds. The van der Waals surface area contributed by atoms with Gasteiger partial charge in [-0.3, -0.25) is 4.79 Å². The lowest BCUT2D eigenvalue weighted by Gasteiger charge is -2.06. The summed E-state index contributed by atoms with van der Waals surface area (Å²) in [6.45, 7) is 0. The van der Waals surface area contributed by atoms with Gasteiger partial charge in [0.2, 0.25) is 0 Å². The van der Waals surface area contributed by atoms with Crippen molar-refractivity contribution in [3.8, 4) is 0 Å². The molecule has 0 spiro atoms. The summed E-state index contributed by atoms with van der Waals surface area (Å²) in [5, 5.41) is 2.44. The van der Waals surface area contributed by atoms with E-state index in [1.54, 1.807) is 6.07 Å². The molecule has 0 fully saturated rings. The number of nitrogens with one attached hydrogen (secondary N) is 1. The van der Waals surface area contributed by atoms with E-state index in [4.69, 9.17) is 11.6 Å². The monoisotopic (exact) mass is 268 g/mol. The maximum atomic E-state index is 12.9. The van der Waals surface area contributed by atoms with E-state index in [-0.39, 0.29) is 16.4 Å². The van der Waals surface area contributed by atoms with Crippen molar-refractivity contribution in [1.82, 2.24) is 4.98 Å².